The van der Waals surface area contributed by atoms with E-state index in [1.54, 1.807) is 12.1 Å². The van der Waals surface area contributed by atoms with E-state index in [0.29, 0.717) is 27.7 Å². The third-order valence-corrected chi connectivity index (χ3v) is 6.89. The van der Waals surface area contributed by atoms with Gasteiger partial charge >= 0.3 is 0 Å². The van der Waals surface area contributed by atoms with Gasteiger partial charge in [-0.3, -0.25) is 14.5 Å². The van der Waals surface area contributed by atoms with Crippen molar-refractivity contribution in [2.45, 2.75) is 19.9 Å². The van der Waals surface area contributed by atoms with Crippen LogP contribution in [0.5, 0.6) is 0 Å². The standard InChI is InChI=1S/C27H25Cl2NO2/c1-16-4-8-18(9-5-16)26(31)22-15-30(3)25(21-13-12-20(28)14-23(21)29)24(22)27(32)19-10-6-17(2)7-11-19/h4-14,22,24-25H,15H2,1-3H3/t22-,24+,25-/m1/s1. The van der Waals surface area contributed by atoms with E-state index >= 15 is 0 Å². The Labute approximate surface area is 199 Å². The van der Waals surface area contributed by atoms with E-state index in [-0.39, 0.29) is 17.6 Å². The highest BCUT2D eigenvalue weighted by molar-refractivity contribution is 6.35. The first kappa shape index (κ1) is 22.7. The predicted molar refractivity (Wildman–Crippen MR) is 130 cm³/mol. The number of carbonyl (C=O) groups is 2. The summed E-state index contributed by atoms with van der Waals surface area (Å²) in [5.41, 5.74) is 4.20. The van der Waals surface area contributed by atoms with Crippen LogP contribution in [0.1, 0.15) is 43.4 Å². The quantitative estimate of drug-likeness (QED) is 0.398. The van der Waals surface area contributed by atoms with E-state index in [4.69, 9.17) is 23.2 Å². The van der Waals surface area contributed by atoms with E-state index in [1.807, 2.05) is 75.5 Å². The van der Waals surface area contributed by atoms with E-state index in [9.17, 15) is 9.59 Å². The maximum atomic E-state index is 13.8. The second kappa shape index (κ2) is 9.19. The molecule has 1 aliphatic heterocycles. The Bertz CT molecular complexity index is 1160. The summed E-state index contributed by atoms with van der Waals surface area (Å²) < 4.78 is 0. The van der Waals surface area contributed by atoms with Crippen molar-refractivity contribution < 1.29 is 9.59 Å². The summed E-state index contributed by atoms with van der Waals surface area (Å²) in [4.78, 5) is 29.5. The number of aryl methyl sites for hydroxylation is 2. The van der Waals surface area contributed by atoms with Crippen molar-refractivity contribution in [3.05, 3.63) is 105 Å². The number of benzene rings is 3. The molecular formula is C27H25Cl2NO2. The third-order valence-electron chi connectivity index (χ3n) is 6.33. The lowest BCUT2D eigenvalue weighted by atomic mass is 9.78. The molecule has 32 heavy (non-hydrogen) atoms. The van der Waals surface area contributed by atoms with Gasteiger partial charge in [-0.15, -0.1) is 0 Å². The Hall–Kier alpha value is -2.46. The lowest BCUT2D eigenvalue weighted by molar-refractivity contribution is 0.0785. The molecule has 0 unspecified atom stereocenters. The molecule has 0 aromatic heterocycles. The maximum Gasteiger partial charge on any atom is 0.168 e. The maximum absolute atomic E-state index is 13.8. The van der Waals surface area contributed by atoms with Crippen molar-refractivity contribution in [3.63, 3.8) is 0 Å². The Kier molecular flexibility index (Phi) is 6.52. The van der Waals surface area contributed by atoms with Crippen LogP contribution in [0.2, 0.25) is 10.0 Å². The molecule has 4 rings (SSSR count). The Balaban J connectivity index is 1.80. The van der Waals surface area contributed by atoms with Gasteiger partial charge in [0.1, 0.15) is 0 Å². The molecule has 0 bridgehead atoms. The molecule has 5 heteroatoms. The minimum Gasteiger partial charge on any atom is -0.298 e. The second-order valence-electron chi connectivity index (χ2n) is 8.64. The fourth-order valence-electron chi connectivity index (χ4n) is 4.62. The van der Waals surface area contributed by atoms with Gasteiger partial charge in [0.05, 0.1) is 5.92 Å². The molecule has 1 saturated heterocycles. The Morgan fingerprint density at radius 3 is 1.88 bits per heavy atom. The summed E-state index contributed by atoms with van der Waals surface area (Å²) in [6.45, 7) is 4.44. The van der Waals surface area contributed by atoms with Crippen molar-refractivity contribution in [2.75, 3.05) is 13.6 Å². The molecular weight excluding hydrogens is 441 g/mol. The summed E-state index contributed by atoms with van der Waals surface area (Å²) in [5.74, 6) is -1.10. The van der Waals surface area contributed by atoms with Crippen LogP contribution in [-0.4, -0.2) is 30.1 Å². The highest BCUT2D eigenvalue weighted by atomic mass is 35.5. The van der Waals surface area contributed by atoms with Gasteiger partial charge in [0.2, 0.25) is 0 Å². The number of carbonyl (C=O) groups excluding carboxylic acids is 2. The number of Topliss-reactive ketones (excluding diaryl/α,β-unsaturated/α-hetero) is 2. The summed E-state index contributed by atoms with van der Waals surface area (Å²) in [7, 11) is 1.94. The largest absolute Gasteiger partial charge is 0.298 e. The molecule has 3 aromatic rings. The molecule has 0 radical (unpaired) electrons. The molecule has 0 amide bonds. The fourth-order valence-corrected chi connectivity index (χ4v) is 5.14. The van der Waals surface area contributed by atoms with Crippen molar-refractivity contribution in [1.82, 2.24) is 4.90 Å². The lowest BCUT2D eigenvalue weighted by Gasteiger charge is -2.27. The average molecular weight is 466 g/mol. The molecule has 1 heterocycles. The van der Waals surface area contributed by atoms with Gasteiger partial charge in [0, 0.05) is 39.7 Å². The van der Waals surface area contributed by atoms with E-state index < -0.39 is 11.8 Å². The zero-order valence-corrected chi connectivity index (χ0v) is 19.8. The smallest absolute Gasteiger partial charge is 0.168 e. The second-order valence-corrected chi connectivity index (χ2v) is 9.49. The van der Waals surface area contributed by atoms with E-state index in [1.165, 1.54) is 0 Å². The third kappa shape index (κ3) is 4.38. The summed E-state index contributed by atoms with van der Waals surface area (Å²) in [5, 5.41) is 1.03. The lowest BCUT2D eigenvalue weighted by Crippen LogP contribution is -2.31. The first-order valence-electron chi connectivity index (χ1n) is 10.6. The number of ketones is 2. The zero-order chi connectivity index (χ0) is 23.0. The van der Waals surface area contributed by atoms with Gasteiger partial charge in [0.15, 0.2) is 11.6 Å². The molecule has 1 fully saturated rings. The molecule has 164 valence electrons. The van der Waals surface area contributed by atoms with Gasteiger partial charge in [-0.05, 0) is 38.6 Å². The average Bonchev–Trinajstić information content (AvgIpc) is 3.10. The number of nitrogens with zero attached hydrogens (tertiary/aromatic N) is 1. The molecule has 0 aliphatic carbocycles. The van der Waals surface area contributed by atoms with Crippen LogP contribution in [0.3, 0.4) is 0 Å². The minimum absolute atomic E-state index is 0.0186. The number of halogens is 2. The van der Waals surface area contributed by atoms with Crippen molar-refractivity contribution >= 4 is 34.8 Å². The number of hydrogen-bond acceptors (Lipinski definition) is 3. The van der Waals surface area contributed by atoms with Crippen molar-refractivity contribution in [1.29, 1.82) is 0 Å². The highest BCUT2D eigenvalue weighted by Gasteiger charge is 2.48. The predicted octanol–water partition coefficient (Wildman–Crippen LogP) is 6.59. The van der Waals surface area contributed by atoms with E-state index in [2.05, 4.69) is 4.90 Å². The summed E-state index contributed by atoms with van der Waals surface area (Å²) >= 11 is 12.7. The van der Waals surface area contributed by atoms with Crippen molar-refractivity contribution in [2.24, 2.45) is 11.8 Å². The Morgan fingerprint density at radius 2 is 1.34 bits per heavy atom. The number of likely N-dealkylation sites (tertiary alicyclic amines) is 1. The molecule has 0 spiro atoms. The van der Waals surface area contributed by atoms with Crippen LogP contribution in [-0.2, 0) is 0 Å². The van der Waals surface area contributed by atoms with E-state index in [0.717, 1.165) is 16.7 Å². The van der Waals surface area contributed by atoms with Crippen LogP contribution < -0.4 is 0 Å². The van der Waals surface area contributed by atoms with Crippen LogP contribution in [0, 0.1) is 25.7 Å². The first-order valence-corrected chi connectivity index (χ1v) is 11.4. The zero-order valence-electron chi connectivity index (χ0n) is 18.3. The Morgan fingerprint density at radius 1 is 0.812 bits per heavy atom. The SMILES string of the molecule is Cc1ccc(C(=O)[C@@H]2[C@@H](c3ccc(Cl)cc3Cl)N(C)C[C@H]2C(=O)c2ccc(C)cc2)cc1. The van der Waals surface area contributed by atoms with Gasteiger partial charge < -0.3 is 0 Å². The number of rotatable bonds is 5. The first-order chi connectivity index (χ1) is 15.3. The van der Waals surface area contributed by atoms with Crippen molar-refractivity contribution in [3.8, 4) is 0 Å². The normalized spacial score (nSPS) is 21.0. The molecule has 3 atom stereocenters. The molecule has 1 aliphatic rings. The number of hydrogen-bond donors (Lipinski definition) is 0. The summed E-state index contributed by atoms with van der Waals surface area (Å²) in [6, 6.07) is 20.1. The topological polar surface area (TPSA) is 37.4 Å². The van der Waals surface area contributed by atoms with Gasteiger partial charge in [-0.1, -0.05) is 88.9 Å². The van der Waals surface area contributed by atoms with Crippen LogP contribution in [0.25, 0.3) is 0 Å². The van der Waals surface area contributed by atoms with Crippen LogP contribution in [0.4, 0.5) is 0 Å². The highest BCUT2D eigenvalue weighted by Crippen LogP contribution is 2.45. The molecule has 3 aromatic carbocycles. The fraction of sp³-hybridized carbons (Fsp3) is 0.259. The van der Waals surface area contributed by atoms with Crippen LogP contribution >= 0.6 is 23.2 Å². The summed E-state index contributed by atoms with van der Waals surface area (Å²) in [6.07, 6.45) is 0. The van der Waals surface area contributed by atoms with Gasteiger partial charge in [0.25, 0.3) is 0 Å². The van der Waals surface area contributed by atoms with Gasteiger partial charge in [-0.25, -0.2) is 0 Å². The monoisotopic (exact) mass is 465 g/mol. The van der Waals surface area contributed by atoms with Gasteiger partial charge in [-0.2, -0.15) is 0 Å². The molecule has 0 N–H and O–H groups in total. The molecule has 0 saturated carbocycles. The molecule has 3 nitrogen and oxygen atoms in total. The van der Waals surface area contributed by atoms with Crippen LogP contribution in [0.15, 0.2) is 66.7 Å². The minimum atomic E-state index is -0.560.